The molecule has 1 N–H and O–H groups in total. The van der Waals surface area contributed by atoms with Crippen LogP contribution >= 0.6 is 11.8 Å². The number of hydrogen-bond donors (Lipinski definition) is 1. The molecule has 0 fully saturated rings. The van der Waals surface area contributed by atoms with Crippen molar-refractivity contribution in [3.63, 3.8) is 0 Å². The Hall–Kier alpha value is -2.21. The summed E-state index contributed by atoms with van der Waals surface area (Å²) in [5.74, 6) is 1.54. The molecule has 4 nitrogen and oxygen atoms in total. The van der Waals surface area contributed by atoms with Crippen LogP contribution in [0.4, 0.5) is 4.39 Å². The highest BCUT2D eigenvalue weighted by Gasteiger charge is 2.14. The van der Waals surface area contributed by atoms with Crippen molar-refractivity contribution in [1.29, 1.82) is 0 Å². The van der Waals surface area contributed by atoms with Crippen LogP contribution in [0.25, 0.3) is 0 Å². The third-order valence-electron chi connectivity index (χ3n) is 3.67. The van der Waals surface area contributed by atoms with Gasteiger partial charge in [0.1, 0.15) is 5.82 Å². The largest absolute Gasteiger partial charge is 0.493 e. The molecule has 1 atom stereocenters. The molecule has 2 aromatic carbocycles. The minimum atomic E-state index is -0.261. The number of amides is 1. The van der Waals surface area contributed by atoms with Crippen LogP contribution in [0.15, 0.2) is 42.5 Å². The molecule has 1 amide bonds. The lowest BCUT2D eigenvalue weighted by molar-refractivity contribution is -0.120. The lowest BCUT2D eigenvalue weighted by Crippen LogP contribution is -2.30. The molecular weight excluding hydrogens is 341 g/mol. The smallest absolute Gasteiger partial charge is 0.233 e. The summed E-state index contributed by atoms with van der Waals surface area (Å²) in [5.41, 5.74) is 1.79. The van der Waals surface area contributed by atoms with E-state index in [1.54, 1.807) is 20.3 Å². The van der Waals surface area contributed by atoms with Gasteiger partial charge in [-0.15, -0.1) is 11.8 Å². The van der Waals surface area contributed by atoms with Crippen LogP contribution in [-0.2, 0) is 17.1 Å². The summed E-state index contributed by atoms with van der Waals surface area (Å²) >= 11 is 1.47. The summed E-state index contributed by atoms with van der Waals surface area (Å²) in [7, 11) is 3.15. The molecule has 0 radical (unpaired) electrons. The molecule has 0 aliphatic heterocycles. The summed E-state index contributed by atoms with van der Waals surface area (Å²) in [5, 5.41) is 2.67. The fourth-order valence-electron chi connectivity index (χ4n) is 2.25. The van der Waals surface area contributed by atoms with Gasteiger partial charge in [-0.3, -0.25) is 4.79 Å². The lowest BCUT2D eigenvalue weighted by Gasteiger charge is -2.13. The topological polar surface area (TPSA) is 47.6 Å². The Bertz CT molecular complexity index is 724. The van der Waals surface area contributed by atoms with Crippen LogP contribution in [0.2, 0.25) is 0 Å². The molecule has 0 heterocycles. The van der Waals surface area contributed by atoms with Crippen molar-refractivity contribution in [2.45, 2.75) is 24.5 Å². The van der Waals surface area contributed by atoms with Crippen LogP contribution in [0, 0.1) is 5.82 Å². The molecule has 0 aromatic heterocycles. The van der Waals surface area contributed by atoms with Crippen molar-refractivity contribution in [1.82, 2.24) is 5.32 Å². The summed E-state index contributed by atoms with van der Waals surface area (Å²) in [4.78, 5) is 12.2. The predicted octanol–water partition coefficient (Wildman–Crippen LogP) is 3.78. The average molecular weight is 363 g/mol. The van der Waals surface area contributed by atoms with E-state index in [2.05, 4.69) is 5.32 Å². The normalized spacial score (nSPS) is 11.7. The highest BCUT2D eigenvalue weighted by Crippen LogP contribution is 2.27. The molecule has 6 heteroatoms. The first kappa shape index (κ1) is 19.1. The zero-order chi connectivity index (χ0) is 18.2. The number of carbonyl (C=O) groups is 1. The van der Waals surface area contributed by atoms with Gasteiger partial charge in [0.2, 0.25) is 5.91 Å². The van der Waals surface area contributed by atoms with E-state index in [1.165, 1.54) is 23.9 Å². The number of nitrogens with one attached hydrogen (secondary N) is 1. The molecule has 0 saturated carbocycles. The van der Waals surface area contributed by atoms with Crippen LogP contribution in [-0.4, -0.2) is 25.4 Å². The monoisotopic (exact) mass is 363 g/mol. The third kappa shape index (κ3) is 5.67. The number of carbonyl (C=O) groups excluding carboxylic acids is 1. The maximum absolute atomic E-state index is 13.2. The molecular formula is C19H22FNO3S. The third-order valence-corrected chi connectivity index (χ3v) is 4.89. The zero-order valence-corrected chi connectivity index (χ0v) is 15.4. The van der Waals surface area contributed by atoms with Gasteiger partial charge in [-0.1, -0.05) is 18.2 Å². The SMILES string of the molecule is COc1ccc(CNC(=O)C(C)SCc2cccc(F)c2)cc1OC. The van der Waals surface area contributed by atoms with Crippen LogP contribution in [0.1, 0.15) is 18.1 Å². The Labute approximate surface area is 151 Å². The van der Waals surface area contributed by atoms with Crippen LogP contribution in [0.3, 0.4) is 0 Å². The number of methoxy groups -OCH3 is 2. The van der Waals surface area contributed by atoms with Crippen molar-refractivity contribution >= 4 is 17.7 Å². The molecule has 25 heavy (non-hydrogen) atoms. The first-order chi connectivity index (χ1) is 12.0. The van der Waals surface area contributed by atoms with E-state index in [-0.39, 0.29) is 17.0 Å². The molecule has 0 saturated heterocycles. The van der Waals surface area contributed by atoms with E-state index in [0.29, 0.717) is 23.8 Å². The lowest BCUT2D eigenvalue weighted by atomic mass is 10.2. The molecule has 0 bridgehead atoms. The Morgan fingerprint density at radius 1 is 1.12 bits per heavy atom. The fourth-order valence-corrected chi connectivity index (χ4v) is 3.10. The molecule has 134 valence electrons. The molecule has 2 rings (SSSR count). The Morgan fingerprint density at radius 3 is 2.56 bits per heavy atom. The molecule has 0 aliphatic carbocycles. The number of thioether (sulfide) groups is 1. The second-order valence-electron chi connectivity index (χ2n) is 5.49. The van der Waals surface area contributed by atoms with Gasteiger partial charge >= 0.3 is 0 Å². The van der Waals surface area contributed by atoms with Gasteiger partial charge in [0.25, 0.3) is 0 Å². The van der Waals surface area contributed by atoms with Crippen molar-refractivity contribution in [3.05, 3.63) is 59.4 Å². The highest BCUT2D eigenvalue weighted by molar-refractivity contribution is 7.99. The van der Waals surface area contributed by atoms with E-state index in [9.17, 15) is 9.18 Å². The maximum Gasteiger partial charge on any atom is 0.233 e. The first-order valence-electron chi connectivity index (χ1n) is 7.88. The minimum absolute atomic E-state index is 0.0591. The van der Waals surface area contributed by atoms with Crippen LogP contribution < -0.4 is 14.8 Å². The van der Waals surface area contributed by atoms with Gasteiger partial charge in [0.05, 0.1) is 19.5 Å². The molecule has 2 aromatic rings. The molecule has 0 aliphatic rings. The minimum Gasteiger partial charge on any atom is -0.493 e. The van der Waals surface area contributed by atoms with Crippen molar-refractivity contribution < 1.29 is 18.7 Å². The van der Waals surface area contributed by atoms with Gasteiger partial charge < -0.3 is 14.8 Å². The second-order valence-corrected chi connectivity index (χ2v) is 6.82. The second kappa shape index (κ2) is 9.32. The van der Waals surface area contributed by atoms with Gasteiger partial charge in [0.15, 0.2) is 11.5 Å². The summed E-state index contributed by atoms with van der Waals surface area (Å²) in [6.07, 6.45) is 0. The fraction of sp³-hybridized carbons (Fsp3) is 0.316. The Kier molecular flexibility index (Phi) is 7.13. The molecule has 1 unspecified atom stereocenters. The number of benzene rings is 2. The Morgan fingerprint density at radius 2 is 1.88 bits per heavy atom. The predicted molar refractivity (Wildman–Crippen MR) is 98.5 cm³/mol. The van der Waals surface area contributed by atoms with Gasteiger partial charge in [-0.2, -0.15) is 0 Å². The van der Waals surface area contributed by atoms with Gasteiger partial charge in [0, 0.05) is 12.3 Å². The van der Waals surface area contributed by atoms with Crippen molar-refractivity contribution in [3.8, 4) is 11.5 Å². The Balaban J connectivity index is 1.85. The van der Waals surface area contributed by atoms with Gasteiger partial charge in [-0.25, -0.2) is 4.39 Å². The van der Waals surface area contributed by atoms with E-state index in [1.807, 2.05) is 31.2 Å². The van der Waals surface area contributed by atoms with Crippen molar-refractivity contribution in [2.75, 3.05) is 14.2 Å². The van der Waals surface area contributed by atoms with Gasteiger partial charge in [-0.05, 0) is 42.3 Å². The van der Waals surface area contributed by atoms with E-state index in [4.69, 9.17) is 9.47 Å². The number of halogens is 1. The van der Waals surface area contributed by atoms with Crippen molar-refractivity contribution in [2.24, 2.45) is 0 Å². The van der Waals surface area contributed by atoms with E-state index >= 15 is 0 Å². The molecule has 0 spiro atoms. The summed E-state index contributed by atoms with van der Waals surface area (Å²) in [6.45, 7) is 2.25. The average Bonchev–Trinajstić information content (AvgIpc) is 2.63. The summed E-state index contributed by atoms with van der Waals surface area (Å²) in [6, 6.07) is 11.9. The number of ether oxygens (including phenoxy) is 2. The zero-order valence-electron chi connectivity index (χ0n) is 14.5. The highest BCUT2D eigenvalue weighted by atomic mass is 32.2. The number of rotatable bonds is 8. The summed E-state index contributed by atoms with van der Waals surface area (Å²) < 4.78 is 23.6. The number of hydrogen-bond acceptors (Lipinski definition) is 4. The van der Waals surface area contributed by atoms with E-state index < -0.39 is 0 Å². The first-order valence-corrected chi connectivity index (χ1v) is 8.93. The quantitative estimate of drug-likeness (QED) is 0.775. The standard InChI is InChI=1S/C19H22FNO3S/c1-13(25-12-15-5-4-6-16(20)9-15)19(22)21-11-14-7-8-17(23-2)18(10-14)24-3/h4-10,13H,11-12H2,1-3H3,(H,21,22). The van der Waals surface area contributed by atoms with E-state index in [0.717, 1.165) is 11.1 Å². The van der Waals surface area contributed by atoms with Crippen LogP contribution in [0.5, 0.6) is 11.5 Å². The maximum atomic E-state index is 13.2.